The minimum absolute atomic E-state index is 0.0765. The summed E-state index contributed by atoms with van der Waals surface area (Å²) in [6.45, 7) is 0.637. The number of nitrogens with zero attached hydrogens (tertiary/aromatic N) is 1. The lowest BCUT2D eigenvalue weighted by atomic mass is 10.1. The van der Waals surface area contributed by atoms with Gasteiger partial charge in [0.15, 0.2) is 0 Å². The average Bonchev–Trinajstić information content (AvgIpc) is 2.67. The van der Waals surface area contributed by atoms with Gasteiger partial charge in [-0.25, -0.2) is 0 Å². The lowest BCUT2D eigenvalue weighted by Gasteiger charge is -2.16. The number of hydrogen-bond acceptors (Lipinski definition) is 4. The van der Waals surface area contributed by atoms with Crippen LogP contribution in [0.1, 0.15) is 12.0 Å². The summed E-state index contributed by atoms with van der Waals surface area (Å²) >= 11 is 0. The Morgan fingerprint density at radius 2 is 2.20 bits per heavy atom. The maximum absolute atomic E-state index is 12.6. The minimum atomic E-state index is -4.54. The van der Waals surface area contributed by atoms with Gasteiger partial charge in [-0.3, -0.25) is 4.79 Å². The van der Waals surface area contributed by atoms with Gasteiger partial charge < -0.3 is 9.64 Å². The number of benzene rings is 1. The Kier molecular flexibility index (Phi) is 4.27. The Hall–Kier alpha value is -1.63. The van der Waals surface area contributed by atoms with Crippen LogP contribution < -0.4 is 4.74 Å². The fourth-order valence-electron chi connectivity index (χ4n) is 2.39. The molecule has 20 heavy (non-hydrogen) atoms. The van der Waals surface area contributed by atoms with Crippen LogP contribution in [0.25, 0.3) is 0 Å². The second-order valence-corrected chi connectivity index (χ2v) is 6.31. The average molecular weight is 301 g/mol. The predicted octanol–water partition coefficient (Wildman–Crippen LogP) is 1.34. The summed E-state index contributed by atoms with van der Waals surface area (Å²) in [5.41, 5.74) is 0.890. The molecule has 1 aromatic carbocycles. The van der Waals surface area contributed by atoms with Crippen LogP contribution in [-0.4, -0.2) is 38.6 Å². The van der Waals surface area contributed by atoms with Crippen molar-refractivity contribution in [2.45, 2.75) is 13.0 Å². The van der Waals surface area contributed by atoms with Crippen LogP contribution in [0.2, 0.25) is 0 Å². The third-order valence-corrected chi connectivity index (χ3v) is 4.11. The number of methoxy groups -OCH3 is 1. The monoisotopic (exact) mass is 301 g/mol. The third-order valence-electron chi connectivity index (χ3n) is 3.24. The van der Waals surface area contributed by atoms with Crippen LogP contribution in [0, 0.1) is 5.92 Å². The molecule has 1 aliphatic rings. The van der Waals surface area contributed by atoms with Gasteiger partial charge in [-0.05, 0) is 17.7 Å². The lowest BCUT2D eigenvalue weighted by molar-refractivity contribution is -0.128. The molecule has 7 heteroatoms. The van der Waals surface area contributed by atoms with Gasteiger partial charge in [0.1, 0.15) is 5.75 Å². The highest BCUT2D eigenvalue weighted by atomic mass is 32.3. The summed E-state index contributed by atoms with van der Waals surface area (Å²) in [4.78, 5) is 13.4. The Morgan fingerprint density at radius 1 is 1.45 bits per heavy atom. The van der Waals surface area contributed by atoms with E-state index in [2.05, 4.69) is 0 Å². The van der Waals surface area contributed by atoms with Gasteiger partial charge in [0.05, 0.1) is 12.9 Å². The maximum atomic E-state index is 12.6. The van der Waals surface area contributed by atoms with Crippen molar-refractivity contribution in [3.63, 3.8) is 0 Å². The van der Waals surface area contributed by atoms with Crippen LogP contribution in [0.3, 0.4) is 0 Å². The third kappa shape index (κ3) is 3.93. The van der Waals surface area contributed by atoms with Crippen molar-refractivity contribution in [3.8, 4) is 5.75 Å². The van der Waals surface area contributed by atoms with Crippen molar-refractivity contribution in [3.05, 3.63) is 29.8 Å². The van der Waals surface area contributed by atoms with E-state index in [1.807, 2.05) is 18.2 Å². The number of carbonyl (C=O) groups excluding carboxylic acids is 1. The summed E-state index contributed by atoms with van der Waals surface area (Å²) in [5, 5.41) is 0. The highest BCUT2D eigenvalue weighted by Gasteiger charge is 2.32. The predicted molar refractivity (Wildman–Crippen MR) is 71.4 cm³/mol. The first-order valence-electron chi connectivity index (χ1n) is 6.20. The highest BCUT2D eigenvalue weighted by Crippen LogP contribution is 2.23. The Balaban J connectivity index is 2.01. The van der Waals surface area contributed by atoms with Crippen molar-refractivity contribution in [1.29, 1.82) is 0 Å². The Labute approximate surface area is 117 Å². The van der Waals surface area contributed by atoms with Crippen LogP contribution in [0.15, 0.2) is 24.3 Å². The number of rotatable bonds is 5. The van der Waals surface area contributed by atoms with Gasteiger partial charge in [-0.1, -0.05) is 12.1 Å². The van der Waals surface area contributed by atoms with Crippen LogP contribution >= 0.6 is 0 Å². The van der Waals surface area contributed by atoms with Crippen molar-refractivity contribution < 1.29 is 21.8 Å². The number of amides is 1. The molecule has 1 amide bonds. The molecule has 0 saturated carbocycles. The van der Waals surface area contributed by atoms with E-state index in [1.165, 1.54) is 0 Å². The number of ether oxygens (including phenoxy) is 1. The van der Waals surface area contributed by atoms with Gasteiger partial charge >= 0.3 is 10.2 Å². The molecule has 110 valence electrons. The molecule has 0 bridgehead atoms. The standard InChI is InChI=1S/C13H16FNO4S/c1-19-12-4-2-3-10(5-12)7-15-8-11(6-13(15)16)9-20(14,17)18/h2-5,11H,6-9H2,1H3. The molecule has 0 aliphatic carbocycles. The molecule has 1 fully saturated rings. The molecule has 0 aromatic heterocycles. The molecule has 0 radical (unpaired) electrons. The van der Waals surface area contributed by atoms with Crippen LogP contribution in [-0.2, 0) is 21.6 Å². The van der Waals surface area contributed by atoms with E-state index in [9.17, 15) is 17.1 Å². The van der Waals surface area contributed by atoms with E-state index in [0.717, 1.165) is 5.56 Å². The fourth-order valence-corrected chi connectivity index (χ4v) is 3.18. The van der Waals surface area contributed by atoms with Crippen molar-refractivity contribution in [1.82, 2.24) is 4.90 Å². The van der Waals surface area contributed by atoms with Gasteiger partial charge in [0.25, 0.3) is 0 Å². The SMILES string of the molecule is COc1cccc(CN2CC(CS(=O)(=O)F)CC2=O)c1. The van der Waals surface area contributed by atoms with Crippen LogP contribution in [0.5, 0.6) is 5.75 Å². The zero-order valence-corrected chi connectivity index (χ0v) is 11.9. The van der Waals surface area contributed by atoms with Gasteiger partial charge in [0.2, 0.25) is 5.91 Å². The topological polar surface area (TPSA) is 63.7 Å². The van der Waals surface area contributed by atoms with E-state index in [1.54, 1.807) is 18.1 Å². The van der Waals surface area contributed by atoms with Crippen molar-refractivity contribution >= 4 is 16.1 Å². The normalized spacial score (nSPS) is 19.4. The van der Waals surface area contributed by atoms with E-state index in [4.69, 9.17) is 4.74 Å². The number of halogens is 1. The van der Waals surface area contributed by atoms with E-state index in [0.29, 0.717) is 12.3 Å². The summed E-state index contributed by atoms with van der Waals surface area (Å²) < 4.78 is 39.0. The molecule has 5 nitrogen and oxygen atoms in total. The lowest BCUT2D eigenvalue weighted by Crippen LogP contribution is -2.25. The summed E-state index contributed by atoms with van der Waals surface area (Å²) in [5.74, 6) is -0.519. The molecule has 1 unspecified atom stereocenters. The summed E-state index contributed by atoms with van der Waals surface area (Å²) in [6, 6.07) is 7.29. The smallest absolute Gasteiger partial charge is 0.302 e. The molecule has 1 atom stereocenters. The molecule has 1 aromatic rings. The molecule has 2 rings (SSSR count). The van der Waals surface area contributed by atoms with Gasteiger partial charge in [0, 0.05) is 25.4 Å². The number of carbonyl (C=O) groups is 1. The second-order valence-electron chi connectivity index (χ2n) is 4.90. The molecular formula is C13H16FNO4S. The fraction of sp³-hybridized carbons (Fsp3) is 0.462. The van der Waals surface area contributed by atoms with E-state index < -0.39 is 21.9 Å². The Bertz CT molecular complexity index is 602. The maximum Gasteiger partial charge on any atom is 0.302 e. The zero-order chi connectivity index (χ0) is 14.8. The molecule has 1 heterocycles. The zero-order valence-electron chi connectivity index (χ0n) is 11.1. The van der Waals surface area contributed by atoms with Gasteiger partial charge in [-0.15, -0.1) is 3.89 Å². The van der Waals surface area contributed by atoms with Crippen molar-refractivity contribution in [2.75, 3.05) is 19.4 Å². The molecule has 1 saturated heterocycles. The quantitative estimate of drug-likeness (QED) is 0.770. The summed E-state index contributed by atoms with van der Waals surface area (Å²) in [7, 11) is -2.98. The van der Waals surface area contributed by atoms with E-state index >= 15 is 0 Å². The van der Waals surface area contributed by atoms with Gasteiger partial charge in [-0.2, -0.15) is 8.42 Å². The van der Waals surface area contributed by atoms with Crippen LogP contribution in [0.4, 0.5) is 3.89 Å². The first kappa shape index (κ1) is 14.8. The number of hydrogen-bond donors (Lipinski definition) is 0. The number of likely N-dealkylation sites (tertiary alicyclic amines) is 1. The summed E-state index contributed by atoms with van der Waals surface area (Å²) in [6.07, 6.45) is 0.0765. The first-order chi connectivity index (χ1) is 9.37. The Morgan fingerprint density at radius 3 is 2.85 bits per heavy atom. The molecule has 0 N–H and O–H groups in total. The van der Waals surface area contributed by atoms with Crippen molar-refractivity contribution in [2.24, 2.45) is 5.92 Å². The minimum Gasteiger partial charge on any atom is -0.497 e. The first-order valence-corrected chi connectivity index (χ1v) is 7.75. The second kappa shape index (κ2) is 5.78. The molecular weight excluding hydrogens is 285 g/mol. The highest BCUT2D eigenvalue weighted by molar-refractivity contribution is 7.86. The largest absolute Gasteiger partial charge is 0.497 e. The molecule has 1 aliphatic heterocycles. The molecule has 0 spiro atoms. The van der Waals surface area contributed by atoms with E-state index in [-0.39, 0.29) is 18.9 Å².